The van der Waals surface area contributed by atoms with Crippen LogP contribution in [-0.2, 0) is 6.54 Å². The highest BCUT2D eigenvalue weighted by atomic mass is 19.1. The van der Waals surface area contributed by atoms with E-state index in [1.165, 1.54) is 12.1 Å². The van der Waals surface area contributed by atoms with Crippen LogP contribution in [0.1, 0.15) is 29.6 Å². The molecule has 0 amide bonds. The summed E-state index contributed by atoms with van der Waals surface area (Å²) in [5.41, 5.74) is 2.50. The molecular formula is C16H20FN3O. The Morgan fingerprint density at radius 1 is 1.29 bits per heavy atom. The van der Waals surface area contributed by atoms with E-state index in [-0.39, 0.29) is 0 Å². The van der Waals surface area contributed by atoms with Gasteiger partial charge in [0.05, 0.1) is 23.7 Å². The van der Waals surface area contributed by atoms with E-state index in [9.17, 15) is 9.50 Å². The average Bonchev–Trinajstić information content (AvgIpc) is 2.45. The van der Waals surface area contributed by atoms with E-state index in [0.29, 0.717) is 18.7 Å². The van der Waals surface area contributed by atoms with Crippen LogP contribution in [0.2, 0.25) is 0 Å². The minimum Gasteiger partial charge on any atom is -0.387 e. The predicted molar refractivity (Wildman–Crippen MR) is 79.1 cm³/mol. The van der Waals surface area contributed by atoms with Crippen LogP contribution in [-0.4, -0.2) is 33.6 Å². The molecule has 2 rings (SSSR count). The van der Waals surface area contributed by atoms with Gasteiger partial charge in [0.15, 0.2) is 0 Å². The number of nitrogens with zero attached hydrogens (tertiary/aromatic N) is 3. The van der Waals surface area contributed by atoms with Gasteiger partial charge in [0.2, 0.25) is 0 Å². The molecule has 0 saturated heterocycles. The fourth-order valence-electron chi connectivity index (χ4n) is 2.12. The van der Waals surface area contributed by atoms with Gasteiger partial charge in [0.1, 0.15) is 5.82 Å². The Bertz CT molecular complexity index is 574. The first-order valence-corrected chi connectivity index (χ1v) is 6.95. The summed E-state index contributed by atoms with van der Waals surface area (Å²) in [6.07, 6.45) is 0.985. The third-order valence-electron chi connectivity index (χ3n) is 3.25. The van der Waals surface area contributed by atoms with Gasteiger partial charge in [-0.05, 0) is 44.7 Å². The molecule has 2 aromatic heterocycles. The molecule has 2 heterocycles. The normalized spacial score (nSPS) is 12.6. The lowest BCUT2D eigenvalue weighted by Crippen LogP contribution is -2.21. The standard InChI is InChI=1S/C16H20FN3O/c1-12-4-3-5-14(19-12)11-20(2)9-8-16(21)15-7-6-13(17)10-18-15/h3-7,10,16,21H,8-9,11H2,1-2H3. The van der Waals surface area contributed by atoms with Crippen molar-refractivity contribution in [3.05, 3.63) is 59.4 Å². The van der Waals surface area contributed by atoms with Gasteiger partial charge in [-0.25, -0.2) is 4.39 Å². The second-order valence-corrected chi connectivity index (χ2v) is 5.21. The number of aryl methyl sites for hydroxylation is 1. The van der Waals surface area contributed by atoms with Crippen molar-refractivity contribution in [1.82, 2.24) is 14.9 Å². The number of hydrogen-bond acceptors (Lipinski definition) is 4. The lowest BCUT2D eigenvalue weighted by molar-refractivity contribution is 0.143. The molecule has 1 N–H and O–H groups in total. The third-order valence-corrected chi connectivity index (χ3v) is 3.25. The van der Waals surface area contributed by atoms with Gasteiger partial charge < -0.3 is 10.0 Å². The van der Waals surface area contributed by atoms with Crippen LogP contribution in [0.15, 0.2) is 36.5 Å². The van der Waals surface area contributed by atoms with Crippen LogP contribution in [0.25, 0.3) is 0 Å². The van der Waals surface area contributed by atoms with Crippen molar-refractivity contribution in [2.75, 3.05) is 13.6 Å². The molecule has 0 aliphatic carbocycles. The number of rotatable bonds is 6. The molecule has 2 aromatic rings. The highest BCUT2D eigenvalue weighted by Crippen LogP contribution is 2.15. The molecule has 4 nitrogen and oxygen atoms in total. The first kappa shape index (κ1) is 15.5. The lowest BCUT2D eigenvalue weighted by Gasteiger charge is -2.18. The molecule has 5 heteroatoms. The summed E-state index contributed by atoms with van der Waals surface area (Å²) in [7, 11) is 1.98. The van der Waals surface area contributed by atoms with Crippen molar-refractivity contribution in [2.24, 2.45) is 0 Å². The minimum absolute atomic E-state index is 0.395. The summed E-state index contributed by atoms with van der Waals surface area (Å²) in [4.78, 5) is 10.4. The Morgan fingerprint density at radius 2 is 2.10 bits per heavy atom. The van der Waals surface area contributed by atoms with Crippen LogP contribution in [0.3, 0.4) is 0 Å². The van der Waals surface area contributed by atoms with Crippen LogP contribution >= 0.6 is 0 Å². The molecule has 1 atom stereocenters. The van der Waals surface area contributed by atoms with Gasteiger partial charge >= 0.3 is 0 Å². The van der Waals surface area contributed by atoms with E-state index in [1.807, 2.05) is 32.2 Å². The summed E-state index contributed by atoms with van der Waals surface area (Å²) < 4.78 is 12.8. The van der Waals surface area contributed by atoms with Crippen molar-refractivity contribution in [2.45, 2.75) is 26.0 Å². The Hall–Kier alpha value is -1.85. The van der Waals surface area contributed by atoms with E-state index in [1.54, 1.807) is 0 Å². The maximum atomic E-state index is 12.8. The Morgan fingerprint density at radius 3 is 2.76 bits per heavy atom. The molecule has 21 heavy (non-hydrogen) atoms. The topological polar surface area (TPSA) is 49.2 Å². The van der Waals surface area contributed by atoms with Crippen molar-refractivity contribution in [1.29, 1.82) is 0 Å². The summed E-state index contributed by atoms with van der Waals surface area (Å²) in [6.45, 7) is 3.40. The molecular weight excluding hydrogens is 269 g/mol. The SMILES string of the molecule is Cc1cccc(CN(C)CCC(O)c2ccc(F)cn2)n1. The first-order valence-electron chi connectivity index (χ1n) is 6.95. The maximum absolute atomic E-state index is 12.8. The number of aliphatic hydroxyl groups excluding tert-OH is 1. The van der Waals surface area contributed by atoms with Crippen molar-refractivity contribution in [3.63, 3.8) is 0 Å². The Labute approximate surface area is 124 Å². The zero-order valence-corrected chi connectivity index (χ0v) is 12.3. The molecule has 112 valence electrons. The number of pyridine rings is 2. The zero-order chi connectivity index (χ0) is 15.2. The van der Waals surface area contributed by atoms with Gasteiger partial charge in [0.25, 0.3) is 0 Å². The van der Waals surface area contributed by atoms with E-state index in [0.717, 1.165) is 24.1 Å². The van der Waals surface area contributed by atoms with Crippen LogP contribution in [0.4, 0.5) is 4.39 Å². The molecule has 0 aliphatic heterocycles. The molecule has 0 saturated carbocycles. The van der Waals surface area contributed by atoms with Gasteiger partial charge in [-0.3, -0.25) is 9.97 Å². The number of aromatic nitrogens is 2. The van der Waals surface area contributed by atoms with Crippen LogP contribution < -0.4 is 0 Å². The van der Waals surface area contributed by atoms with E-state index in [2.05, 4.69) is 14.9 Å². The van der Waals surface area contributed by atoms with E-state index >= 15 is 0 Å². The van der Waals surface area contributed by atoms with Crippen LogP contribution in [0, 0.1) is 12.7 Å². The molecule has 0 aromatic carbocycles. The van der Waals surface area contributed by atoms with Crippen LogP contribution in [0.5, 0.6) is 0 Å². The average molecular weight is 289 g/mol. The zero-order valence-electron chi connectivity index (χ0n) is 12.3. The smallest absolute Gasteiger partial charge is 0.141 e. The van der Waals surface area contributed by atoms with Gasteiger partial charge in [0, 0.05) is 18.8 Å². The maximum Gasteiger partial charge on any atom is 0.141 e. The quantitative estimate of drug-likeness (QED) is 0.887. The molecule has 0 radical (unpaired) electrons. The fraction of sp³-hybridized carbons (Fsp3) is 0.375. The van der Waals surface area contributed by atoms with Gasteiger partial charge in [-0.1, -0.05) is 6.07 Å². The molecule has 1 unspecified atom stereocenters. The predicted octanol–water partition coefficient (Wildman–Crippen LogP) is 2.48. The van der Waals surface area contributed by atoms with E-state index < -0.39 is 11.9 Å². The third kappa shape index (κ3) is 4.88. The second kappa shape index (κ2) is 7.24. The Kier molecular flexibility index (Phi) is 5.36. The van der Waals surface area contributed by atoms with Crippen molar-refractivity contribution >= 4 is 0 Å². The number of aliphatic hydroxyl groups is 1. The highest BCUT2D eigenvalue weighted by Gasteiger charge is 2.11. The van der Waals surface area contributed by atoms with Gasteiger partial charge in [-0.2, -0.15) is 0 Å². The molecule has 0 aliphatic rings. The fourth-order valence-corrected chi connectivity index (χ4v) is 2.12. The Balaban J connectivity index is 1.83. The molecule has 0 spiro atoms. The highest BCUT2D eigenvalue weighted by molar-refractivity contribution is 5.10. The monoisotopic (exact) mass is 289 g/mol. The van der Waals surface area contributed by atoms with E-state index in [4.69, 9.17) is 0 Å². The minimum atomic E-state index is -0.682. The molecule has 0 fully saturated rings. The largest absolute Gasteiger partial charge is 0.387 e. The number of hydrogen-bond donors (Lipinski definition) is 1. The summed E-state index contributed by atoms with van der Waals surface area (Å²) in [5, 5.41) is 10.0. The summed E-state index contributed by atoms with van der Waals surface area (Å²) in [6, 6.07) is 8.77. The lowest BCUT2D eigenvalue weighted by atomic mass is 10.1. The van der Waals surface area contributed by atoms with Crippen molar-refractivity contribution in [3.8, 4) is 0 Å². The van der Waals surface area contributed by atoms with Gasteiger partial charge in [-0.15, -0.1) is 0 Å². The first-order chi connectivity index (χ1) is 10.0. The number of halogens is 1. The summed E-state index contributed by atoms with van der Waals surface area (Å²) in [5.74, 6) is -0.395. The van der Waals surface area contributed by atoms with Crippen molar-refractivity contribution < 1.29 is 9.50 Å². The second-order valence-electron chi connectivity index (χ2n) is 5.21. The summed E-state index contributed by atoms with van der Waals surface area (Å²) >= 11 is 0. The molecule has 0 bridgehead atoms.